The Hall–Kier alpha value is -1.55. The fourth-order valence-electron chi connectivity index (χ4n) is 3.29. The van der Waals surface area contributed by atoms with E-state index < -0.39 is 0 Å². The molecule has 0 aromatic heterocycles. The van der Waals surface area contributed by atoms with Gasteiger partial charge in [0.05, 0.1) is 5.92 Å². The summed E-state index contributed by atoms with van der Waals surface area (Å²) in [5.74, 6) is -0.226. The van der Waals surface area contributed by atoms with Gasteiger partial charge in [-0.15, -0.1) is 0 Å². The Morgan fingerprint density at radius 3 is 2.76 bits per heavy atom. The second kappa shape index (κ2) is 6.06. The molecule has 1 aliphatic heterocycles. The first-order chi connectivity index (χ1) is 10.1. The second-order valence-corrected chi connectivity index (χ2v) is 6.32. The molecule has 1 saturated heterocycles. The van der Waals surface area contributed by atoms with Gasteiger partial charge in [0.2, 0.25) is 11.8 Å². The summed E-state index contributed by atoms with van der Waals surface area (Å²) in [5.41, 5.74) is 0.680. The first kappa shape index (κ1) is 14.4. The second-order valence-electron chi connectivity index (χ2n) is 5.89. The van der Waals surface area contributed by atoms with Crippen molar-refractivity contribution in [2.45, 2.75) is 38.1 Å². The molecule has 2 fully saturated rings. The van der Waals surface area contributed by atoms with E-state index >= 15 is 0 Å². The van der Waals surface area contributed by atoms with Gasteiger partial charge in [0, 0.05) is 29.7 Å². The molecule has 21 heavy (non-hydrogen) atoms. The summed E-state index contributed by atoms with van der Waals surface area (Å²) in [6.07, 6.45) is 4.85. The molecule has 1 atom stereocenters. The molecule has 0 spiro atoms. The lowest BCUT2D eigenvalue weighted by molar-refractivity contribution is -0.129. The third-order valence-corrected chi connectivity index (χ3v) is 4.62. The number of benzene rings is 1. The van der Waals surface area contributed by atoms with E-state index in [4.69, 9.17) is 11.6 Å². The van der Waals surface area contributed by atoms with Gasteiger partial charge in [0.1, 0.15) is 0 Å². The molecule has 0 bridgehead atoms. The van der Waals surface area contributed by atoms with E-state index in [-0.39, 0.29) is 17.7 Å². The summed E-state index contributed by atoms with van der Waals surface area (Å²) in [5, 5.41) is 3.44. The van der Waals surface area contributed by atoms with Crippen molar-refractivity contribution >= 4 is 29.1 Å². The summed E-state index contributed by atoms with van der Waals surface area (Å²) >= 11 is 5.91. The zero-order chi connectivity index (χ0) is 14.8. The summed E-state index contributed by atoms with van der Waals surface area (Å²) < 4.78 is 0. The average molecular weight is 307 g/mol. The number of carbonyl (C=O) groups is 2. The van der Waals surface area contributed by atoms with Crippen molar-refractivity contribution in [3.05, 3.63) is 29.3 Å². The van der Waals surface area contributed by atoms with E-state index in [1.165, 1.54) is 12.8 Å². The molecule has 1 saturated carbocycles. The number of amides is 2. The molecule has 1 aromatic rings. The number of nitrogens with one attached hydrogen (secondary N) is 1. The number of rotatable bonds is 3. The fourth-order valence-corrected chi connectivity index (χ4v) is 3.48. The molecule has 112 valence electrons. The minimum Gasteiger partial charge on any atom is -0.339 e. The van der Waals surface area contributed by atoms with Gasteiger partial charge in [-0.1, -0.05) is 30.5 Å². The van der Waals surface area contributed by atoms with Crippen LogP contribution in [0, 0.1) is 5.92 Å². The lowest BCUT2D eigenvalue weighted by Gasteiger charge is -2.23. The van der Waals surface area contributed by atoms with Gasteiger partial charge in [-0.3, -0.25) is 9.59 Å². The van der Waals surface area contributed by atoms with Crippen LogP contribution in [0.1, 0.15) is 32.1 Å². The van der Waals surface area contributed by atoms with Crippen molar-refractivity contribution in [3.63, 3.8) is 0 Å². The zero-order valence-electron chi connectivity index (χ0n) is 11.8. The number of carbonyl (C=O) groups excluding carboxylic acids is 2. The predicted octanol–water partition coefficient (Wildman–Crippen LogP) is 3.07. The van der Waals surface area contributed by atoms with Gasteiger partial charge in [-0.2, -0.15) is 0 Å². The molecule has 1 heterocycles. The van der Waals surface area contributed by atoms with Crippen LogP contribution in [0.2, 0.25) is 5.02 Å². The van der Waals surface area contributed by atoms with Crippen molar-refractivity contribution in [2.75, 3.05) is 11.9 Å². The minimum absolute atomic E-state index is 0.0916. The van der Waals surface area contributed by atoms with Crippen LogP contribution in [0.15, 0.2) is 24.3 Å². The average Bonchev–Trinajstić information content (AvgIpc) is 3.07. The van der Waals surface area contributed by atoms with Gasteiger partial charge in [0.15, 0.2) is 0 Å². The summed E-state index contributed by atoms with van der Waals surface area (Å²) in [6.45, 7) is 0.551. The largest absolute Gasteiger partial charge is 0.339 e. The van der Waals surface area contributed by atoms with Crippen LogP contribution in [0.3, 0.4) is 0 Å². The van der Waals surface area contributed by atoms with Crippen LogP contribution < -0.4 is 5.32 Å². The lowest BCUT2D eigenvalue weighted by Crippen LogP contribution is -2.35. The van der Waals surface area contributed by atoms with Gasteiger partial charge >= 0.3 is 0 Å². The standard InChI is InChI=1S/C16H19ClN2O2/c17-12-4-3-5-13(9-12)18-16(21)11-8-15(20)19(10-11)14-6-1-2-7-14/h3-5,9,11,14H,1-2,6-8,10H2,(H,18,21)/t11-/m1/s1. The van der Waals surface area contributed by atoms with E-state index in [1.807, 2.05) is 4.90 Å². The highest BCUT2D eigenvalue weighted by Gasteiger charge is 2.38. The lowest BCUT2D eigenvalue weighted by atomic mass is 10.1. The van der Waals surface area contributed by atoms with Crippen LogP contribution in [0.25, 0.3) is 0 Å². The highest BCUT2D eigenvalue weighted by molar-refractivity contribution is 6.30. The van der Waals surface area contributed by atoms with Crippen LogP contribution in [0.5, 0.6) is 0 Å². The first-order valence-corrected chi connectivity index (χ1v) is 7.87. The zero-order valence-corrected chi connectivity index (χ0v) is 12.6. The molecule has 1 N–H and O–H groups in total. The number of likely N-dealkylation sites (tertiary alicyclic amines) is 1. The van der Waals surface area contributed by atoms with Gasteiger partial charge in [-0.05, 0) is 31.0 Å². The molecule has 2 aliphatic rings. The van der Waals surface area contributed by atoms with E-state index in [0.717, 1.165) is 12.8 Å². The Labute approximate surface area is 129 Å². The quantitative estimate of drug-likeness (QED) is 0.933. The maximum atomic E-state index is 12.3. The topological polar surface area (TPSA) is 49.4 Å². The Bertz CT molecular complexity index is 555. The normalized spacial score (nSPS) is 22.8. The maximum Gasteiger partial charge on any atom is 0.229 e. The van der Waals surface area contributed by atoms with Gasteiger partial charge in [-0.25, -0.2) is 0 Å². The van der Waals surface area contributed by atoms with Crippen molar-refractivity contribution < 1.29 is 9.59 Å². The molecule has 1 aromatic carbocycles. The van der Waals surface area contributed by atoms with E-state index in [0.29, 0.717) is 29.7 Å². The fraction of sp³-hybridized carbons (Fsp3) is 0.500. The SMILES string of the molecule is O=C(Nc1cccc(Cl)c1)[C@@H]1CC(=O)N(C2CCCC2)C1. The maximum absolute atomic E-state index is 12.3. The minimum atomic E-state index is -0.253. The molecule has 3 rings (SSSR count). The molecule has 4 nitrogen and oxygen atoms in total. The van der Waals surface area contributed by atoms with Crippen LogP contribution >= 0.6 is 11.6 Å². The monoisotopic (exact) mass is 306 g/mol. The summed E-state index contributed by atoms with van der Waals surface area (Å²) in [7, 11) is 0. The predicted molar refractivity (Wildman–Crippen MR) is 82.2 cm³/mol. The van der Waals surface area contributed by atoms with E-state index in [1.54, 1.807) is 24.3 Å². The highest BCUT2D eigenvalue weighted by atomic mass is 35.5. The Morgan fingerprint density at radius 1 is 1.29 bits per heavy atom. The van der Waals surface area contributed by atoms with Crippen molar-refractivity contribution in [1.82, 2.24) is 4.90 Å². The molecular formula is C16H19ClN2O2. The molecular weight excluding hydrogens is 288 g/mol. The highest BCUT2D eigenvalue weighted by Crippen LogP contribution is 2.30. The number of hydrogen-bond donors (Lipinski definition) is 1. The molecule has 2 amide bonds. The number of halogens is 1. The molecule has 0 unspecified atom stereocenters. The van der Waals surface area contributed by atoms with Crippen LogP contribution in [-0.4, -0.2) is 29.3 Å². The Balaban J connectivity index is 1.62. The third-order valence-electron chi connectivity index (χ3n) is 4.39. The van der Waals surface area contributed by atoms with E-state index in [2.05, 4.69) is 5.32 Å². The number of nitrogens with zero attached hydrogens (tertiary/aromatic N) is 1. The molecule has 5 heteroatoms. The number of hydrogen-bond acceptors (Lipinski definition) is 2. The van der Waals surface area contributed by atoms with Crippen LogP contribution in [0.4, 0.5) is 5.69 Å². The number of anilines is 1. The molecule has 1 aliphatic carbocycles. The van der Waals surface area contributed by atoms with Crippen LogP contribution in [-0.2, 0) is 9.59 Å². The third kappa shape index (κ3) is 3.21. The van der Waals surface area contributed by atoms with Gasteiger partial charge in [0.25, 0.3) is 0 Å². The summed E-state index contributed by atoms with van der Waals surface area (Å²) in [4.78, 5) is 26.3. The summed E-state index contributed by atoms with van der Waals surface area (Å²) in [6, 6.07) is 7.42. The van der Waals surface area contributed by atoms with E-state index in [9.17, 15) is 9.59 Å². The van der Waals surface area contributed by atoms with Crippen molar-refractivity contribution in [2.24, 2.45) is 5.92 Å². The smallest absolute Gasteiger partial charge is 0.229 e. The first-order valence-electron chi connectivity index (χ1n) is 7.49. The van der Waals surface area contributed by atoms with Gasteiger partial charge < -0.3 is 10.2 Å². The van der Waals surface area contributed by atoms with Crippen molar-refractivity contribution in [1.29, 1.82) is 0 Å². The van der Waals surface area contributed by atoms with Crippen molar-refractivity contribution in [3.8, 4) is 0 Å². The molecule has 0 radical (unpaired) electrons. The Morgan fingerprint density at radius 2 is 2.05 bits per heavy atom. The Kier molecular flexibility index (Phi) is 4.15.